The van der Waals surface area contributed by atoms with E-state index in [4.69, 9.17) is 10.2 Å². The Bertz CT molecular complexity index is 148. The first-order valence-corrected chi connectivity index (χ1v) is 3.24. The van der Waals surface area contributed by atoms with Gasteiger partial charge in [-0.2, -0.15) is 0 Å². The van der Waals surface area contributed by atoms with Crippen LogP contribution in [0, 0.1) is 0 Å². The fraction of sp³-hybridized carbons (Fsp3) is 0.571. The molecule has 2 atom stereocenters. The Morgan fingerprint density at radius 3 is 2.42 bits per heavy atom. The summed E-state index contributed by atoms with van der Waals surface area (Å²) in [6.45, 7) is 3.27. The number of rotatable bonds is 5. The van der Waals surface area contributed by atoms with E-state index >= 15 is 0 Å². The van der Waals surface area contributed by atoms with Crippen molar-refractivity contribution >= 4 is 5.97 Å². The smallest absolute Gasteiger partial charge is 0.550 e. The number of hydrogen-bond donors (Lipinski definition) is 2. The Hall–Kier alpha value is 0.130. The van der Waals surface area contributed by atoms with Crippen LogP contribution in [0.3, 0.4) is 0 Å². The van der Waals surface area contributed by atoms with Gasteiger partial charge in [-0.25, -0.2) is 0 Å². The molecular formula is C7H11NaO4. The van der Waals surface area contributed by atoms with E-state index in [1.807, 2.05) is 0 Å². The minimum Gasteiger partial charge on any atom is -0.550 e. The summed E-state index contributed by atoms with van der Waals surface area (Å²) in [5.41, 5.74) is 0. The van der Waals surface area contributed by atoms with E-state index in [1.54, 1.807) is 0 Å². The second kappa shape index (κ2) is 7.76. The largest absolute Gasteiger partial charge is 1.00 e. The molecule has 64 valence electrons. The van der Waals surface area contributed by atoms with Crippen LogP contribution >= 0.6 is 0 Å². The van der Waals surface area contributed by atoms with Gasteiger partial charge in [-0.15, -0.1) is 6.58 Å². The molecule has 12 heavy (non-hydrogen) atoms. The van der Waals surface area contributed by atoms with Crippen molar-refractivity contribution < 1.29 is 49.7 Å². The summed E-state index contributed by atoms with van der Waals surface area (Å²) in [4.78, 5) is 9.90. The molecule has 0 fully saturated rings. The van der Waals surface area contributed by atoms with Crippen molar-refractivity contribution in [2.45, 2.75) is 25.0 Å². The molecule has 0 rings (SSSR count). The molecule has 2 unspecified atom stereocenters. The topological polar surface area (TPSA) is 80.6 Å². The number of carbonyl (C=O) groups is 1. The van der Waals surface area contributed by atoms with Gasteiger partial charge in [0, 0.05) is 18.8 Å². The number of carbonyl (C=O) groups excluding carboxylic acids is 1. The summed E-state index contributed by atoms with van der Waals surface area (Å²) >= 11 is 0. The molecule has 0 saturated heterocycles. The number of aliphatic carboxylic acids is 1. The molecule has 0 spiro atoms. The molecule has 0 heterocycles. The molecule has 0 aliphatic heterocycles. The third-order valence-electron chi connectivity index (χ3n) is 1.19. The van der Waals surface area contributed by atoms with Gasteiger partial charge in [0.15, 0.2) is 0 Å². The molecule has 5 heteroatoms. The van der Waals surface area contributed by atoms with E-state index in [2.05, 4.69) is 6.58 Å². The van der Waals surface area contributed by atoms with Gasteiger partial charge in [-0.3, -0.25) is 0 Å². The van der Waals surface area contributed by atoms with Crippen molar-refractivity contribution in [2.75, 3.05) is 0 Å². The summed E-state index contributed by atoms with van der Waals surface area (Å²) < 4.78 is 0. The Balaban J connectivity index is 0. The van der Waals surface area contributed by atoms with E-state index < -0.39 is 24.6 Å². The van der Waals surface area contributed by atoms with Crippen LogP contribution in [0.5, 0.6) is 0 Å². The summed E-state index contributed by atoms with van der Waals surface area (Å²) in [5.74, 6) is -1.33. The first-order valence-electron chi connectivity index (χ1n) is 3.24. The summed E-state index contributed by atoms with van der Waals surface area (Å²) in [6, 6.07) is 0. The Morgan fingerprint density at radius 1 is 1.58 bits per heavy atom. The van der Waals surface area contributed by atoms with Crippen molar-refractivity contribution in [1.82, 2.24) is 0 Å². The maximum atomic E-state index is 9.90. The zero-order valence-corrected chi connectivity index (χ0v) is 9.06. The zero-order chi connectivity index (χ0) is 8.85. The van der Waals surface area contributed by atoms with Crippen LogP contribution in [0.2, 0.25) is 0 Å². The first kappa shape index (κ1) is 14.6. The minimum absolute atomic E-state index is 0. The molecule has 0 bridgehead atoms. The third-order valence-corrected chi connectivity index (χ3v) is 1.19. The number of hydrogen-bond acceptors (Lipinski definition) is 4. The maximum absolute atomic E-state index is 9.90. The van der Waals surface area contributed by atoms with Crippen LogP contribution in [0.1, 0.15) is 12.8 Å². The number of aliphatic hydroxyl groups is 2. The van der Waals surface area contributed by atoms with E-state index in [1.165, 1.54) is 6.08 Å². The quantitative estimate of drug-likeness (QED) is 0.331. The minimum atomic E-state index is -1.33. The summed E-state index contributed by atoms with van der Waals surface area (Å²) in [7, 11) is 0. The van der Waals surface area contributed by atoms with Crippen molar-refractivity contribution in [2.24, 2.45) is 0 Å². The van der Waals surface area contributed by atoms with Gasteiger partial charge in [0.05, 0.1) is 12.2 Å². The Kier molecular flexibility index (Phi) is 9.47. The molecule has 0 aromatic carbocycles. The molecular weight excluding hydrogens is 171 g/mol. The van der Waals surface area contributed by atoms with E-state index in [9.17, 15) is 9.90 Å². The normalized spacial score (nSPS) is 14.2. The van der Waals surface area contributed by atoms with Crippen LogP contribution in [0.25, 0.3) is 0 Å². The van der Waals surface area contributed by atoms with Crippen molar-refractivity contribution in [1.29, 1.82) is 0 Å². The monoisotopic (exact) mass is 182 g/mol. The molecule has 0 aromatic heterocycles. The fourth-order valence-corrected chi connectivity index (χ4v) is 0.651. The molecule has 0 radical (unpaired) electrons. The van der Waals surface area contributed by atoms with Gasteiger partial charge in [0.1, 0.15) is 0 Å². The average molecular weight is 182 g/mol. The molecule has 0 aromatic rings. The second-order valence-electron chi connectivity index (χ2n) is 2.27. The summed E-state index contributed by atoms with van der Waals surface area (Å²) in [5, 5.41) is 27.6. The van der Waals surface area contributed by atoms with Gasteiger partial charge < -0.3 is 20.1 Å². The van der Waals surface area contributed by atoms with Crippen molar-refractivity contribution in [3.8, 4) is 0 Å². The van der Waals surface area contributed by atoms with Gasteiger partial charge in [0.25, 0.3) is 0 Å². The van der Waals surface area contributed by atoms with Crippen LogP contribution < -0.4 is 34.7 Å². The molecule has 2 N–H and O–H groups in total. The standard InChI is InChI=1S/C7H12O4.Na/c1-2-5(8)3-6(9)4-7(10)11;/h2,5-6,8-9H,1,3-4H2,(H,10,11);/q;+1/p-1. The zero-order valence-electron chi connectivity index (χ0n) is 7.06. The Morgan fingerprint density at radius 2 is 2.08 bits per heavy atom. The van der Waals surface area contributed by atoms with Gasteiger partial charge in [0.2, 0.25) is 0 Å². The first-order chi connectivity index (χ1) is 5.06. The average Bonchev–Trinajstić information content (AvgIpc) is 1.85. The molecule has 0 saturated carbocycles. The Labute approximate surface area is 93.2 Å². The van der Waals surface area contributed by atoms with Crippen molar-refractivity contribution in [3.63, 3.8) is 0 Å². The molecule has 0 aliphatic rings. The second-order valence-corrected chi connectivity index (χ2v) is 2.27. The predicted molar refractivity (Wildman–Crippen MR) is 36.5 cm³/mol. The maximum Gasteiger partial charge on any atom is 1.00 e. The SMILES string of the molecule is C=CC(O)CC(O)CC(=O)[O-].[Na+]. The number of aliphatic hydroxyl groups excluding tert-OH is 2. The van der Waals surface area contributed by atoms with Crippen LogP contribution in [0.4, 0.5) is 0 Å². The van der Waals surface area contributed by atoms with Gasteiger partial charge >= 0.3 is 29.6 Å². The van der Waals surface area contributed by atoms with E-state index in [0.29, 0.717) is 0 Å². The van der Waals surface area contributed by atoms with E-state index in [0.717, 1.165) is 0 Å². The molecule has 0 amide bonds. The van der Waals surface area contributed by atoms with Crippen LogP contribution in [-0.4, -0.2) is 28.4 Å². The molecule has 4 nitrogen and oxygen atoms in total. The number of carboxylic acid groups (broad SMARTS) is 1. The fourth-order valence-electron chi connectivity index (χ4n) is 0.651. The van der Waals surface area contributed by atoms with Crippen LogP contribution in [-0.2, 0) is 4.79 Å². The van der Waals surface area contributed by atoms with Gasteiger partial charge in [-0.05, 0) is 0 Å². The van der Waals surface area contributed by atoms with E-state index in [-0.39, 0.29) is 36.0 Å². The molecule has 0 aliphatic carbocycles. The van der Waals surface area contributed by atoms with Crippen LogP contribution in [0.15, 0.2) is 12.7 Å². The predicted octanol–water partition coefficient (Wildman–Crippen LogP) is -4.57. The third kappa shape index (κ3) is 8.23. The number of carboxylic acids is 1. The van der Waals surface area contributed by atoms with Crippen molar-refractivity contribution in [3.05, 3.63) is 12.7 Å². The summed E-state index contributed by atoms with van der Waals surface area (Å²) in [6.07, 6.45) is -1.15. The van der Waals surface area contributed by atoms with Gasteiger partial charge in [-0.1, -0.05) is 6.08 Å².